The molecule has 1 amide bonds. The number of benzene rings is 4. The molecule has 0 saturated carbocycles. The summed E-state index contributed by atoms with van der Waals surface area (Å²) >= 11 is 0. The molecule has 220 valence electrons. The first-order valence-corrected chi connectivity index (χ1v) is 14.3. The lowest BCUT2D eigenvalue weighted by Gasteiger charge is -2.33. The van der Waals surface area contributed by atoms with E-state index in [0.717, 1.165) is 5.56 Å². The van der Waals surface area contributed by atoms with Gasteiger partial charge >= 0.3 is 0 Å². The molecule has 1 aromatic heterocycles. The van der Waals surface area contributed by atoms with Gasteiger partial charge in [0, 0.05) is 18.2 Å². The Morgan fingerprint density at radius 3 is 2.12 bits per heavy atom. The highest BCUT2D eigenvalue weighted by Gasteiger charge is 2.30. The van der Waals surface area contributed by atoms with Crippen LogP contribution in [0, 0.1) is 0 Å². The summed E-state index contributed by atoms with van der Waals surface area (Å²) < 4.78 is 18.2. The van der Waals surface area contributed by atoms with Crippen LogP contribution in [0.25, 0.3) is 16.6 Å². The van der Waals surface area contributed by atoms with Crippen molar-refractivity contribution in [2.75, 3.05) is 20.8 Å². The zero-order chi connectivity index (χ0) is 30.3. The van der Waals surface area contributed by atoms with Crippen molar-refractivity contribution in [2.45, 2.75) is 32.9 Å². The van der Waals surface area contributed by atoms with E-state index < -0.39 is 6.04 Å². The van der Waals surface area contributed by atoms with Gasteiger partial charge in [-0.1, -0.05) is 49.4 Å². The number of para-hydroxylation sites is 1. The molecule has 1 heterocycles. The fourth-order valence-corrected chi connectivity index (χ4v) is 5.22. The number of carbonyl (C=O) groups is 1. The van der Waals surface area contributed by atoms with E-state index >= 15 is 0 Å². The summed E-state index contributed by atoms with van der Waals surface area (Å²) in [6, 6.07) is 29.0. The number of fused-ring (bicyclic) bond motifs is 1. The van der Waals surface area contributed by atoms with E-state index in [2.05, 4.69) is 0 Å². The summed E-state index contributed by atoms with van der Waals surface area (Å²) in [6.45, 7) is 4.74. The van der Waals surface area contributed by atoms with Gasteiger partial charge in [0.25, 0.3) is 11.5 Å². The van der Waals surface area contributed by atoms with Crippen LogP contribution >= 0.6 is 0 Å². The van der Waals surface area contributed by atoms with Crippen LogP contribution in [0.2, 0.25) is 0 Å². The second-order valence-electron chi connectivity index (χ2n) is 10.00. The summed E-state index contributed by atoms with van der Waals surface area (Å²) in [7, 11) is 3.10. The van der Waals surface area contributed by atoms with Crippen LogP contribution in [-0.4, -0.2) is 41.2 Å². The maximum atomic E-state index is 14.5. The van der Waals surface area contributed by atoms with Crippen LogP contribution in [0.5, 0.6) is 17.2 Å². The van der Waals surface area contributed by atoms with Crippen LogP contribution in [-0.2, 0) is 6.54 Å². The Morgan fingerprint density at radius 2 is 1.49 bits per heavy atom. The third-order valence-electron chi connectivity index (χ3n) is 7.32. The van der Waals surface area contributed by atoms with Crippen molar-refractivity contribution < 1.29 is 19.0 Å². The third kappa shape index (κ3) is 6.23. The first kappa shape index (κ1) is 29.4. The lowest BCUT2D eigenvalue weighted by atomic mass is 10.1. The molecule has 0 spiro atoms. The molecule has 0 aliphatic heterocycles. The van der Waals surface area contributed by atoms with Crippen molar-refractivity contribution in [3.63, 3.8) is 0 Å². The topological polar surface area (TPSA) is 82.9 Å². The quantitative estimate of drug-likeness (QED) is 0.176. The second kappa shape index (κ2) is 13.2. The third-order valence-corrected chi connectivity index (χ3v) is 7.32. The molecule has 4 aromatic carbocycles. The molecule has 0 radical (unpaired) electrons. The standard InChI is InChI=1S/C35H35N3O5/c1-5-32(37(23-24-12-8-7-9-13-24)34(39)25-20-28(41-3)22-29(21-25)42-4)33-36-31-15-11-10-14-30(31)35(40)38(33)26-16-18-27(19-17-26)43-6-2/h7-22,32H,5-6,23H2,1-4H3. The molecular weight excluding hydrogens is 542 g/mol. The van der Waals surface area contributed by atoms with Gasteiger partial charge in [-0.25, -0.2) is 4.98 Å². The van der Waals surface area contributed by atoms with Gasteiger partial charge in [0.2, 0.25) is 0 Å². The first-order chi connectivity index (χ1) is 21.0. The molecule has 8 heteroatoms. The monoisotopic (exact) mass is 577 g/mol. The van der Waals surface area contributed by atoms with E-state index in [9.17, 15) is 9.59 Å². The largest absolute Gasteiger partial charge is 0.497 e. The average molecular weight is 578 g/mol. The Balaban J connectivity index is 1.72. The first-order valence-electron chi connectivity index (χ1n) is 14.3. The van der Waals surface area contributed by atoms with Crippen LogP contribution < -0.4 is 19.8 Å². The van der Waals surface area contributed by atoms with Crippen molar-refractivity contribution in [2.24, 2.45) is 0 Å². The fraction of sp³-hybridized carbons (Fsp3) is 0.229. The molecule has 0 saturated heterocycles. The highest BCUT2D eigenvalue weighted by atomic mass is 16.5. The predicted octanol–water partition coefficient (Wildman–Crippen LogP) is 6.60. The van der Waals surface area contributed by atoms with Gasteiger partial charge in [0.15, 0.2) is 0 Å². The number of amides is 1. The summed E-state index contributed by atoms with van der Waals surface area (Å²) in [5, 5.41) is 0.494. The van der Waals surface area contributed by atoms with Crippen LogP contribution in [0.3, 0.4) is 0 Å². The number of aromatic nitrogens is 2. The molecule has 5 aromatic rings. The number of carbonyl (C=O) groups excluding carboxylic acids is 1. The maximum Gasteiger partial charge on any atom is 0.266 e. The van der Waals surface area contributed by atoms with E-state index in [1.165, 1.54) is 0 Å². The summed E-state index contributed by atoms with van der Waals surface area (Å²) in [4.78, 5) is 35.4. The smallest absolute Gasteiger partial charge is 0.266 e. The molecule has 0 aliphatic rings. The Bertz CT molecular complexity index is 1740. The van der Waals surface area contributed by atoms with Gasteiger partial charge in [-0.15, -0.1) is 0 Å². The molecule has 0 bridgehead atoms. The number of nitrogens with zero attached hydrogens (tertiary/aromatic N) is 3. The van der Waals surface area contributed by atoms with E-state index in [4.69, 9.17) is 19.2 Å². The Hall–Kier alpha value is -5.11. The molecule has 0 aliphatic carbocycles. The van der Waals surface area contributed by atoms with Gasteiger partial charge in [-0.05, 0) is 67.4 Å². The van der Waals surface area contributed by atoms with Crippen LogP contribution in [0.15, 0.2) is 102 Å². The Kier molecular flexibility index (Phi) is 9.05. The molecule has 0 N–H and O–H groups in total. The van der Waals surface area contributed by atoms with E-state index in [0.29, 0.717) is 64.8 Å². The SMILES string of the molecule is CCOc1ccc(-n2c(C(CC)N(Cc3ccccc3)C(=O)c3cc(OC)cc(OC)c3)nc3ccccc3c2=O)cc1. The van der Waals surface area contributed by atoms with E-state index in [1.807, 2.05) is 86.6 Å². The lowest BCUT2D eigenvalue weighted by Crippen LogP contribution is -2.38. The minimum atomic E-state index is -0.561. The molecule has 0 fully saturated rings. The van der Waals surface area contributed by atoms with Crippen molar-refractivity contribution in [3.8, 4) is 22.9 Å². The Labute approximate surface area is 251 Å². The fourth-order valence-electron chi connectivity index (χ4n) is 5.22. The number of hydrogen-bond acceptors (Lipinski definition) is 6. The van der Waals surface area contributed by atoms with Gasteiger partial charge < -0.3 is 19.1 Å². The van der Waals surface area contributed by atoms with Gasteiger partial charge in [0.1, 0.15) is 23.1 Å². The predicted molar refractivity (Wildman–Crippen MR) is 167 cm³/mol. The maximum absolute atomic E-state index is 14.5. The molecule has 1 unspecified atom stereocenters. The van der Waals surface area contributed by atoms with E-state index in [1.54, 1.807) is 48.0 Å². The number of ether oxygens (including phenoxy) is 3. The van der Waals surface area contributed by atoms with E-state index in [-0.39, 0.29) is 11.5 Å². The minimum Gasteiger partial charge on any atom is -0.497 e. The molecule has 43 heavy (non-hydrogen) atoms. The zero-order valence-corrected chi connectivity index (χ0v) is 24.8. The summed E-state index contributed by atoms with van der Waals surface area (Å²) in [5.74, 6) is 1.94. The Morgan fingerprint density at radius 1 is 0.837 bits per heavy atom. The van der Waals surface area contributed by atoms with Gasteiger partial charge in [0.05, 0.1) is 43.5 Å². The molecular formula is C35H35N3O5. The van der Waals surface area contributed by atoms with Gasteiger partial charge in [-0.2, -0.15) is 0 Å². The molecule has 5 rings (SSSR count). The summed E-state index contributed by atoms with van der Waals surface area (Å²) in [6.07, 6.45) is 0.501. The minimum absolute atomic E-state index is 0.210. The van der Waals surface area contributed by atoms with Crippen LogP contribution in [0.1, 0.15) is 48.1 Å². The lowest BCUT2D eigenvalue weighted by molar-refractivity contribution is 0.0640. The van der Waals surface area contributed by atoms with Gasteiger partial charge in [-0.3, -0.25) is 14.2 Å². The van der Waals surface area contributed by atoms with Crippen molar-refractivity contribution >= 4 is 16.8 Å². The normalized spacial score (nSPS) is 11.6. The number of rotatable bonds is 11. The number of methoxy groups -OCH3 is 2. The van der Waals surface area contributed by atoms with Crippen molar-refractivity contribution in [1.29, 1.82) is 0 Å². The second-order valence-corrected chi connectivity index (χ2v) is 10.00. The number of hydrogen-bond donors (Lipinski definition) is 0. The van der Waals surface area contributed by atoms with Crippen molar-refractivity contribution in [3.05, 3.63) is 124 Å². The average Bonchev–Trinajstić information content (AvgIpc) is 3.05. The van der Waals surface area contributed by atoms with Crippen molar-refractivity contribution in [1.82, 2.24) is 14.5 Å². The zero-order valence-electron chi connectivity index (χ0n) is 24.8. The summed E-state index contributed by atoms with van der Waals surface area (Å²) in [5.41, 5.74) is 2.34. The molecule has 1 atom stereocenters. The highest BCUT2D eigenvalue weighted by molar-refractivity contribution is 5.95. The highest BCUT2D eigenvalue weighted by Crippen LogP contribution is 2.31. The van der Waals surface area contributed by atoms with Crippen LogP contribution in [0.4, 0.5) is 0 Å². The molecule has 8 nitrogen and oxygen atoms in total.